The maximum atomic E-state index is 13.8. The van der Waals surface area contributed by atoms with Gasteiger partial charge in [-0.15, -0.1) is 0 Å². The van der Waals surface area contributed by atoms with Gasteiger partial charge < -0.3 is 19.7 Å². The predicted octanol–water partition coefficient (Wildman–Crippen LogP) is 4.82. The monoisotopic (exact) mass is 546 g/mol. The molecular weight excluding hydrogens is 500 g/mol. The van der Waals surface area contributed by atoms with Gasteiger partial charge in [-0.3, -0.25) is 14.3 Å². The number of carbonyl (C=O) groups is 1. The summed E-state index contributed by atoms with van der Waals surface area (Å²) in [6.07, 6.45) is 8.44. The van der Waals surface area contributed by atoms with Crippen LogP contribution < -0.4 is 15.6 Å². The first-order valence-electron chi connectivity index (χ1n) is 14.6. The first kappa shape index (κ1) is 29.6. The molecule has 1 aliphatic rings. The van der Waals surface area contributed by atoms with Crippen molar-refractivity contribution >= 4 is 11.6 Å². The van der Waals surface area contributed by atoms with E-state index >= 15 is 0 Å². The highest BCUT2D eigenvalue weighted by Crippen LogP contribution is 2.35. The van der Waals surface area contributed by atoms with Crippen molar-refractivity contribution in [1.82, 2.24) is 24.6 Å². The van der Waals surface area contributed by atoms with Gasteiger partial charge in [-0.25, -0.2) is 0 Å². The largest absolute Gasteiger partial charge is 0.369 e. The van der Waals surface area contributed by atoms with Crippen LogP contribution in [0.15, 0.2) is 35.4 Å². The van der Waals surface area contributed by atoms with E-state index in [2.05, 4.69) is 58.8 Å². The van der Waals surface area contributed by atoms with Gasteiger partial charge in [0.05, 0.1) is 6.20 Å². The molecule has 1 aliphatic carbocycles. The normalized spacial score (nSPS) is 17.3. The molecule has 0 radical (unpaired) electrons. The lowest BCUT2D eigenvalue weighted by molar-refractivity contribution is 0.0950. The van der Waals surface area contributed by atoms with Crippen LogP contribution in [0.3, 0.4) is 0 Å². The van der Waals surface area contributed by atoms with Crippen molar-refractivity contribution in [2.24, 2.45) is 7.05 Å². The van der Waals surface area contributed by atoms with Crippen molar-refractivity contribution in [3.05, 3.63) is 68.9 Å². The van der Waals surface area contributed by atoms with Crippen LogP contribution in [0.25, 0.3) is 11.1 Å². The first-order chi connectivity index (χ1) is 19.0. The molecule has 0 bridgehead atoms. The average Bonchev–Trinajstić information content (AvgIpc) is 3.36. The number of amides is 1. The molecule has 0 aliphatic heterocycles. The van der Waals surface area contributed by atoms with E-state index in [9.17, 15) is 9.59 Å². The summed E-state index contributed by atoms with van der Waals surface area (Å²) in [6.45, 7) is 12.1. The maximum absolute atomic E-state index is 13.8. The quantitative estimate of drug-likeness (QED) is 0.416. The molecule has 1 saturated carbocycles. The second-order valence-corrected chi connectivity index (χ2v) is 11.4. The lowest BCUT2D eigenvalue weighted by Gasteiger charge is -2.40. The van der Waals surface area contributed by atoms with Crippen LogP contribution in [0.4, 0.5) is 5.69 Å². The third-order valence-electron chi connectivity index (χ3n) is 8.80. The number of carbonyl (C=O) groups excluding carboxylic acids is 1. The van der Waals surface area contributed by atoms with Gasteiger partial charge in [0.15, 0.2) is 5.43 Å². The maximum Gasteiger partial charge on any atom is 0.251 e. The minimum atomic E-state index is -0.167. The van der Waals surface area contributed by atoms with E-state index in [-0.39, 0.29) is 17.9 Å². The van der Waals surface area contributed by atoms with Gasteiger partial charge in [-0.1, -0.05) is 0 Å². The fourth-order valence-electron chi connectivity index (χ4n) is 6.41. The van der Waals surface area contributed by atoms with Crippen LogP contribution in [-0.4, -0.2) is 57.9 Å². The lowest BCUT2D eigenvalue weighted by atomic mass is 9.88. The number of benzene rings is 1. The number of pyridine rings is 1. The smallest absolute Gasteiger partial charge is 0.251 e. The summed E-state index contributed by atoms with van der Waals surface area (Å²) in [6, 6.07) is 6.90. The fourth-order valence-corrected chi connectivity index (χ4v) is 6.41. The molecular formula is C32H46N6O2. The zero-order valence-corrected chi connectivity index (χ0v) is 25.5. The number of hydrogen-bond donors (Lipinski definition) is 1. The molecule has 8 nitrogen and oxygen atoms in total. The number of aryl methyl sites for hydroxylation is 2. The Hall–Kier alpha value is -3.39. The summed E-state index contributed by atoms with van der Waals surface area (Å²) in [5.41, 5.74) is 7.09. The van der Waals surface area contributed by atoms with Gasteiger partial charge in [-0.05, 0) is 97.7 Å². The Morgan fingerprint density at radius 3 is 2.27 bits per heavy atom. The Kier molecular flexibility index (Phi) is 9.19. The molecule has 0 atom stereocenters. The number of anilines is 1. The van der Waals surface area contributed by atoms with E-state index in [0.717, 1.165) is 59.7 Å². The van der Waals surface area contributed by atoms with Crippen LogP contribution in [0.2, 0.25) is 0 Å². The molecule has 40 heavy (non-hydrogen) atoms. The summed E-state index contributed by atoms with van der Waals surface area (Å²) < 4.78 is 3.90. The molecule has 0 spiro atoms. The number of aromatic nitrogens is 3. The molecule has 3 aromatic rings. The number of nitrogens with zero attached hydrogens (tertiary/aromatic N) is 5. The van der Waals surface area contributed by atoms with E-state index in [4.69, 9.17) is 0 Å². The van der Waals surface area contributed by atoms with E-state index < -0.39 is 0 Å². The van der Waals surface area contributed by atoms with E-state index in [0.29, 0.717) is 23.2 Å². The molecule has 1 amide bonds. The third kappa shape index (κ3) is 6.02. The predicted molar refractivity (Wildman–Crippen MR) is 163 cm³/mol. The highest BCUT2D eigenvalue weighted by atomic mass is 16.1. The Balaban J connectivity index is 1.69. The number of nitrogens with one attached hydrogen (secondary N) is 1. The van der Waals surface area contributed by atoms with Crippen LogP contribution in [0.1, 0.15) is 72.4 Å². The van der Waals surface area contributed by atoms with Gasteiger partial charge in [0.1, 0.15) is 0 Å². The Morgan fingerprint density at radius 2 is 1.70 bits per heavy atom. The molecule has 0 unspecified atom stereocenters. The van der Waals surface area contributed by atoms with Crippen molar-refractivity contribution in [3.8, 4) is 11.1 Å². The third-order valence-corrected chi connectivity index (χ3v) is 8.80. The number of hydrogen-bond acceptors (Lipinski definition) is 5. The molecule has 1 aromatic carbocycles. The average molecular weight is 547 g/mol. The van der Waals surface area contributed by atoms with Gasteiger partial charge >= 0.3 is 0 Å². The van der Waals surface area contributed by atoms with Gasteiger partial charge in [-0.2, -0.15) is 5.10 Å². The van der Waals surface area contributed by atoms with Crippen molar-refractivity contribution in [2.45, 2.75) is 85.5 Å². The van der Waals surface area contributed by atoms with Crippen LogP contribution in [0.5, 0.6) is 0 Å². The molecule has 4 rings (SSSR count). The molecule has 216 valence electrons. The lowest BCUT2D eigenvalue weighted by Crippen LogP contribution is -2.42. The summed E-state index contributed by atoms with van der Waals surface area (Å²) in [5.74, 6) is -0.167. The zero-order valence-electron chi connectivity index (χ0n) is 25.5. The Morgan fingerprint density at radius 1 is 1.02 bits per heavy atom. The zero-order chi connectivity index (χ0) is 29.1. The standard InChI is InChI=1S/C32H46N6O2/c1-9-37-21(3)15-31(39)29(23(37)5)19-33-32(40)28-16-24(25-18-34-36(8)20-25)17-30(22(28)4)38(10-2)27-13-11-26(12-14-27)35(6)7/h15-18,20,26-27H,9-14,19H2,1-8H3,(H,33,40). The van der Waals surface area contributed by atoms with Gasteiger partial charge in [0.2, 0.25) is 0 Å². The Labute approximate surface area is 239 Å². The van der Waals surface area contributed by atoms with Crippen molar-refractivity contribution in [2.75, 3.05) is 25.5 Å². The highest BCUT2D eigenvalue weighted by Gasteiger charge is 2.28. The van der Waals surface area contributed by atoms with Crippen molar-refractivity contribution in [3.63, 3.8) is 0 Å². The van der Waals surface area contributed by atoms with Crippen molar-refractivity contribution < 1.29 is 4.79 Å². The number of rotatable bonds is 9. The molecule has 2 aromatic heterocycles. The Bertz CT molecular complexity index is 1410. The minimum absolute atomic E-state index is 0.0352. The summed E-state index contributed by atoms with van der Waals surface area (Å²) >= 11 is 0. The summed E-state index contributed by atoms with van der Waals surface area (Å²) in [7, 11) is 6.25. The van der Waals surface area contributed by atoms with E-state index in [1.807, 2.05) is 46.3 Å². The molecule has 1 fully saturated rings. The van der Waals surface area contributed by atoms with Gasteiger partial charge in [0.25, 0.3) is 5.91 Å². The van der Waals surface area contributed by atoms with Crippen LogP contribution in [0, 0.1) is 20.8 Å². The molecule has 8 heteroatoms. The minimum Gasteiger partial charge on any atom is -0.369 e. The molecule has 1 N–H and O–H groups in total. The first-order valence-corrected chi connectivity index (χ1v) is 14.6. The van der Waals surface area contributed by atoms with Crippen LogP contribution in [-0.2, 0) is 20.1 Å². The molecule has 0 saturated heterocycles. The second-order valence-electron chi connectivity index (χ2n) is 11.4. The van der Waals surface area contributed by atoms with Crippen molar-refractivity contribution in [1.29, 1.82) is 0 Å². The topological polar surface area (TPSA) is 75.4 Å². The SMILES string of the molecule is CCN(c1cc(-c2cnn(C)c2)cc(C(=O)NCc2c(C)n(CC)c(C)cc2=O)c1C)C1CCC(N(C)C)CC1. The summed E-state index contributed by atoms with van der Waals surface area (Å²) in [4.78, 5) is 31.4. The molecule has 2 heterocycles. The van der Waals surface area contributed by atoms with E-state index in [1.165, 1.54) is 12.8 Å². The second kappa shape index (κ2) is 12.4. The van der Waals surface area contributed by atoms with Crippen LogP contribution >= 0.6 is 0 Å². The van der Waals surface area contributed by atoms with E-state index in [1.54, 1.807) is 10.7 Å². The highest BCUT2D eigenvalue weighted by molar-refractivity contribution is 5.98. The fraction of sp³-hybridized carbons (Fsp3) is 0.531. The summed E-state index contributed by atoms with van der Waals surface area (Å²) in [5, 5.41) is 7.46. The van der Waals surface area contributed by atoms with Gasteiger partial charge in [0, 0.05) is 84.8 Å².